The lowest BCUT2D eigenvalue weighted by molar-refractivity contribution is 0.174. The van der Waals surface area contributed by atoms with Crippen LogP contribution in [0.5, 0.6) is 17.2 Å². The van der Waals surface area contributed by atoms with E-state index in [0.29, 0.717) is 24.6 Å². The first kappa shape index (κ1) is 12.3. The Balaban J connectivity index is 1.64. The van der Waals surface area contributed by atoms with Gasteiger partial charge in [0, 0.05) is 35.8 Å². The Kier molecular flexibility index (Phi) is 3.27. The summed E-state index contributed by atoms with van der Waals surface area (Å²) in [7, 11) is 0. The standard InChI is InChI=1S/C13H14N2O3S/c1-8-6-19-13(15-8)5-14-4-9-2-11-12(3-10(9)16)18-7-17-11/h2-3,6,14,16H,4-5,7H2,1H3. The minimum absolute atomic E-state index is 0.212. The van der Waals surface area contributed by atoms with Crippen LogP contribution in [-0.2, 0) is 13.1 Å². The molecule has 100 valence electrons. The average molecular weight is 278 g/mol. The number of fused-ring (bicyclic) bond motifs is 1. The highest BCUT2D eigenvalue weighted by molar-refractivity contribution is 7.09. The molecule has 1 aliphatic rings. The van der Waals surface area contributed by atoms with Gasteiger partial charge >= 0.3 is 0 Å². The molecule has 1 aromatic carbocycles. The molecule has 0 radical (unpaired) electrons. The second-order valence-electron chi connectivity index (χ2n) is 4.32. The first-order chi connectivity index (χ1) is 9.22. The molecule has 5 nitrogen and oxygen atoms in total. The number of rotatable bonds is 4. The predicted molar refractivity (Wildman–Crippen MR) is 71.6 cm³/mol. The van der Waals surface area contributed by atoms with Gasteiger partial charge in [0.1, 0.15) is 10.8 Å². The van der Waals surface area contributed by atoms with E-state index >= 15 is 0 Å². The van der Waals surface area contributed by atoms with Gasteiger partial charge in [-0.2, -0.15) is 0 Å². The molecule has 2 N–H and O–H groups in total. The third-order valence-corrected chi connectivity index (χ3v) is 3.80. The van der Waals surface area contributed by atoms with Crippen molar-refractivity contribution in [2.75, 3.05) is 6.79 Å². The third-order valence-electron chi connectivity index (χ3n) is 2.83. The Morgan fingerprint density at radius 3 is 2.84 bits per heavy atom. The Hall–Kier alpha value is -1.79. The molecular weight excluding hydrogens is 264 g/mol. The van der Waals surface area contributed by atoms with Gasteiger partial charge in [0.05, 0.1) is 0 Å². The van der Waals surface area contributed by atoms with Crippen molar-refractivity contribution in [3.8, 4) is 17.2 Å². The average Bonchev–Trinajstić information content (AvgIpc) is 2.98. The molecule has 1 aliphatic heterocycles. The lowest BCUT2D eigenvalue weighted by Gasteiger charge is -2.07. The molecule has 0 bridgehead atoms. The van der Waals surface area contributed by atoms with E-state index in [9.17, 15) is 5.11 Å². The van der Waals surface area contributed by atoms with Crippen molar-refractivity contribution in [3.05, 3.63) is 33.8 Å². The molecule has 2 heterocycles. The molecule has 1 aromatic heterocycles. The number of phenolic OH excluding ortho intramolecular Hbond substituents is 1. The number of ether oxygens (including phenoxy) is 2. The minimum atomic E-state index is 0.212. The van der Waals surface area contributed by atoms with Crippen molar-refractivity contribution in [2.45, 2.75) is 20.0 Å². The maximum atomic E-state index is 9.89. The molecule has 0 amide bonds. The van der Waals surface area contributed by atoms with Gasteiger partial charge < -0.3 is 19.9 Å². The zero-order valence-corrected chi connectivity index (χ0v) is 11.3. The largest absolute Gasteiger partial charge is 0.507 e. The molecule has 2 aromatic rings. The minimum Gasteiger partial charge on any atom is -0.507 e. The molecular formula is C13H14N2O3S. The van der Waals surface area contributed by atoms with Crippen LogP contribution in [0.2, 0.25) is 0 Å². The molecule has 3 rings (SSSR count). The number of nitrogens with one attached hydrogen (secondary N) is 1. The van der Waals surface area contributed by atoms with Crippen molar-refractivity contribution in [3.63, 3.8) is 0 Å². The lowest BCUT2D eigenvalue weighted by Crippen LogP contribution is -2.12. The summed E-state index contributed by atoms with van der Waals surface area (Å²) in [6.07, 6.45) is 0. The zero-order chi connectivity index (χ0) is 13.2. The van der Waals surface area contributed by atoms with Crippen molar-refractivity contribution in [1.82, 2.24) is 10.3 Å². The van der Waals surface area contributed by atoms with E-state index in [1.165, 1.54) is 0 Å². The summed E-state index contributed by atoms with van der Waals surface area (Å²) in [6.45, 7) is 3.43. The van der Waals surface area contributed by atoms with E-state index in [4.69, 9.17) is 9.47 Å². The Bertz CT molecular complexity index is 598. The van der Waals surface area contributed by atoms with Crippen LogP contribution in [0.4, 0.5) is 0 Å². The Morgan fingerprint density at radius 1 is 1.32 bits per heavy atom. The van der Waals surface area contributed by atoms with E-state index in [0.717, 1.165) is 16.3 Å². The van der Waals surface area contributed by atoms with Crippen LogP contribution in [0.25, 0.3) is 0 Å². The number of hydrogen-bond acceptors (Lipinski definition) is 6. The van der Waals surface area contributed by atoms with Gasteiger partial charge in [-0.05, 0) is 13.0 Å². The predicted octanol–water partition coefficient (Wildman–Crippen LogP) is 2.18. The first-order valence-corrected chi connectivity index (χ1v) is 6.83. The summed E-state index contributed by atoms with van der Waals surface area (Å²) < 4.78 is 10.5. The molecule has 0 spiro atoms. The number of aromatic hydroxyl groups is 1. The molecule has 0 fully saturated rings. The van der Waals surface area contributed by atoms with E-state index in [2.05, 4.69) is 10.3 Å². The first-order valence-electron chi connectivity index (χ1n) is 5.95. The summed E-state index contributed by atoms with van der Waals surface area (Å²) in [5.74, 6) is 1.49. The fraction of sp³-hybridized carbons (Fsp3) is 0.308. The van der Waals surface area contributed by atoms with E-state index < -0.39 is 0 Å². The van der Waals surface area contributed by atoms with Crippen LogP contribution in [0.1, 0.15) is 16.3 Å². The molecule has 6 heteroatoms. The Morgan fingerprint density at radius 2 is 2.11 bits per heavy atom. The van der Waals surface area contributed by atoms with Crippen LogP contribution < -0.4 is 14.8 Å². The highest BCUT2D eigenvalue weighted by atomic mass is 32.1. The summed E-state index contributed by atoms with van der Waals surface area (Å²) in [5, 5.41) is 16.2. The molecule has 0 aliphatic carbocycles. The van der Waals surface area contributed by atoms with Gasteiger partial charge in [0.15, 0.2) is 11.5 Å². The second-order valence-corrected chi connectivity index (χ2v) is 5.26. The van der Waals surface area contributed by atoms with Crippen molar-refractivity contribution in [1.29, 1.82) is 0 Å². The molecule has 19 heavy (non-hydrogen) atoms. The molecule has 0 saturated carbocycles. The van der Waals surface area contributed by atoms with Crippen molar-refractivity contribution >= 4 is 11.3 Å². The van der Waals surface area contributed by atoms with Crippen molar-refractivity contribution < 1.29 is 14.6 Å². The number of aryl methyl sites for hydroxylation is 1. The normalized spacial score (nSPS) is 12.9. The van der Waals surface area contributed by atoms with Gasteiger partial charge in [-0.25, -0.2) is 4.98 Å². The highest BCUT2D eigenvalue weighted by Crippen LogP contribution is 2.37. The Labute approximate surface area is 114 Å². The van der Waals surface area contributed by atoms with Gasteiger partial charge in [0.25, 0.3) is 0 Å². The van der Waals surface area contributed by atoms with Crippen molar-refractivity contribution in [2.24, 2.45) is 0 Å². The third kappa shape index (κ3) is 2.64. The van der Waals surface area contributed by atoms with Gasteiger partial charge in [-0.15, -0.1) is 11.3 Å². The number of thiazole rings is 1. The maximum Gasteiger partial charge on any atom is 0.231 e. The van der Waals surface area contributed by atoms with Crippen LogP contribution in [0.15, 0.2) is 17.5 Å². The van der Waals surface area contributed by atoms with E-state index in [1.54, 1.807) is 23.5 Å². The number of phenols is 1. The quantitative estimate of drug-likeness (QED) is 0.897. The summed E-state index contributed by atoms with van der Waals surface area (Å²) in [5.41, 5.74) is 1.82. The van der Waals surface area contributed by atoms with Crippen LogP contribution in [0, 0.1) is 6.92 Å². The van der Waals surface area contributed by atoms with Gasteiger partial charge in [-0.3, -0.25) is 0 Å². The summed E-state index contributed by atoms with van der Waals surface area (Å²) in [6, 6.07) is 3.39. The van der Waals surface area contributed by atoms with Gasteiger partial charge in [0.2, 0.25) is 6.79 Å². The number of nitrogens with zero attached hydrogens (tertiary/aromatic N) is 1. The second kappa shape index (κ2) is 5.07. The van der Waals surface area contributed by atoms with Gasteiger partial charge in [-0.1, -0.05) is 0 Å². The fourth-order valence-electron chi connectivity index (χ4n) is 1.90. The van der Waals surface area contributed by atoms with Crippen LogP contribution in [0.3, 0.4) is 0 Å². The van der Waals surface area contributed by atoms with E-state index in [1.807, 2.05) is 12.3 Å². The maximum absolute atomic E-state index is 9.89. The number of hydrogen-bond donors (Lipinski definition) is 2. The highest BCUT2D eigenvalue weighted by Gasteiger charge is 2.16. The SMILES string of the molecule is Cc1csc(CNCc2cc3c(cc2O)OCO3)n1. The number of aromatic nitrogens is 1. The molecule has 0 atom stereocenters. The number of benzene rings is 1. The molecule has 0 saturated heterocycles. The van der Waals surface area contributed by atoms with Crippen LogP contribution >= 0.6 is 11.3 Å². The fourth-order valence-corrected chi connectivity index (χ4v) is 2.64. The smallest absolute Gasteiger partial charge is 0.231 e. The zero-order valence-electron chi connectivity index (χ0n) is 10.5. The van der Waals surface area contributed by atoms with Crippen LogP contribution in [-0.4, -0.2) is 16.9 Å². The monoisotopic (exact) mass is 278 g/mol. The molecule has 0 unspecified atom stereocenters. The lowest BCUT2D eigenvalue weighted by atomic mass is 10.1. The summed E-state index contributed by atoms with van der Waals surface area (Å²) in [4.78, 5) is 4.37. The topological polar surface area (TPSA) is 63.6 Å². The van der Waals surface area contributed by atoms with E-state index in [-0.39, 0.29) is 12.5 Å². The summed E-state index contributed by atoms with van der Waals surface area (Å²) >= 11 is 1.63.